The van der Waals surface area contributed by atoms with Crippen LogP contribution in [0.1, 0.15) is 30.9 Å². The molecular weight excluding hydrogens is 392 g/mol. The number of hydrogen-bond acceptors (Lipinski definition) is 6. The molecule has 1 aromatic carbocycles. The van der Waals surface area contributed by atoms with Crippen LogP contribution in [0.3, 0.4) is 0 Å². The first kappa shape index (κ1) is 22.4. The summed E-state index contributed by atoms with van der Waals surface area (Å²) in [4.78, 5) is 39.8. The summed E-state index contributed by atoms with van der Waals surface area (Å²) in [5.74, 6) is -0.0492. The fraction of sp³-hybridized carbons (Fsp3) is 0.350. The zero-order valence-corrected chi connectivity index (χ0v) is 17.4. The number of aromatic nitrogens is 1. The minimum Gasteiger partial charge on any atom is -0.319 e. The van der Waals surface area contributed by atoms with Gasteiger partial charge in [0.25, 0.3) is 5.69 Å². The zero-order chi connectivity index (χ0) is 21.4. The van der Waals surface area contributed by atoms with Crippen molar-refractivity contribution in [1.82, 2.24) is 4.98 Å². The molecule has 2 amide bonds. The molecule has 2 N–H and O–H groups in total. The highest BCUT2D eigenvalue weighted by Gasteiger charge is 2.23. The predicted octanol–water partition coefficient (Wildman–Crippen LogP) is 4.09. The van der Waals surface area contributed by atoms with Crippen molar-refractivity contribution in [3.8, 4) is 0 Å². The molecule has 2 rings (SSSR count). The number of benzene rings is 1. The molecule has 1 unspecified atom stereocenters. The summed E-state index contributed by atoms with van der Waals surface area (Å²) in [6.45, 7) is 5.53. The molecule has 154 valence electrons. The van der Waals surface area contributed by atoms with Crippen molar-refractivity contribution in [2.24, 2.45) is 0 Å². The summed E-state index contributed by atoms with van der Waals surface area (Å²) in [7, 11) is 0. The molecule has 29 heavy (non-hydrogen) atoms. The lowest BCUT2D eigenvalue weighted by atomic mass is 10.2. The fourth-order valence-electron chi connectivity index (χ4n) is 2.62. The molecule has 0 radical (unpaired) electrons. The van der Waals surface area contributed by atoms with Gasteiger partial charge in [0.1, 0.15) is 11.5 Å². The van der Waals surface area contributed by atoms with Gasteiger partial charge in [-0.1, -0.05) is 25.5 Å². The van der Waals surface area contributed by atoms with Gasteiger partial charge >= 0.3 is 0 Å². The van der Waals surface area contributed by atoms with Crippen molar-refractivity contribution in [2.75, 3.05) is 16.4 Å². The molecular formula is C20H24N4O4S. The first-order valence-corrected chi connectivity index (χ1v) is 10.3. The number of hydrogen-bond donors (Lipinski definition) is 2. The van der Waals surface area contributed by atoms with Crippen LogP contribution < -0.4 is 10.6 Å². The van der Waals surface area contributed by atoms with E-state index >= 15 is 0 Å². The van der Waals surface area contributed by atoms with Crippen molar-refractivity contribution in [3.05, 3.63) is 57.8 Å². The largest absolute Gasteiger partial charge is 0.319 e. The van der Waals surface area contributed by atoms with E-state index in [0.29, 0.717) is 12.2 Å². The molecule has 0 saturated carbocycles. The predicted molar refractivity (Wildman–Crippen MR) is 115 cm³/mol. The lowest BCUT2D eigenvalue weighted by molar-refractivity contribution is -0.384. The van der Waals surface area contributed by atoms with E-state index in [2.05, 4.69) is 15.6 Å². The van der Waals surface area contributed by atoms with Gasteiger partial charge in [0.2, 0.25) is 11.8 Å². The SMILES string of the molecule is CCCC(SCC(=O)Nc1ncccc1C)C(=O)Nc1ccc(C)cc1[N+](=O)[O-]. The zero-order valence-electron chi connectivity index (χ0n) is 16.6. The van der Waals surface area contributed by atoms with Gasteiger partial charge < -0.3 is 10.6 Å². The second-order valence-electron chi connectivity index (χ2n) is 6.57. The monoisotopic (exact) mass is 416 g/mol. The van der Waals surface area contributed by atoms with Gasteiger partial charge in [-0.3, -0.25) is 19.7 Å². The Labute approximate surface area is 173 Å². The van der Waals surface area contributed by atoms with E-state index in [1.165, 1.54) is 23.9 Å². The van der Waals surface area contributed by atoms with E-state index in [9.17, 15) is 19.7 Å². The van der Waals surface area contributed by atoms with Crippen LogP contribution >= 0.6 is 11.8 Å². The van der Waals surface area contributed by atoms with Crippen molar-refractivity contribution in [3.63, 3.8) is 0 Å². The first-order chi connectivity index (χ1) is 13.8. The molecule has 0 spiro atoms. The molecule has 1 atom stereocenters. The van der Waals surface area contributed by atoms with Gasteiger partial charge in [0.15, 0.2) is 0 Å². The maximum absolute atomic E-state index is 12.7. The highest BCUT2D eigenvalue weighted by atomic mass is 32.2. The van der Waals surface area contributed by atoms with E-state index < -0.39 is 10.2 Å². The summed E-state index contributed by atoms with van der Waals surface area (Å²) in [6.07, 6.45) is 2.88. The van der Waals surface area contributed by atoms with Crippen molar-refractivity contribution in [2.45, 2.75) is 38.9 Å². The molecule has 1 aromatic heterocycles. The number of carbonyl (C=O) groups excluding carboxylic acids is 2. The third kappa shape index (κ3) is 6.56. The molecule has 0 fully saturated rings. The van der Waals surface area contributed by atoms with Crippen LogP contribution in [-0.2, 0) is 9.59 Å². The highest BCUT2D eigenvalue weighted by molar-refractivity contribution is 8.01. The van der Waals surface area contributed by atoms with Crippen LogP contribution in [0.4, 0.5) is 17.2 Å². The van der Waals surface area contributed by atoms with Crippen molar-refractivity contribution < 1.29 is 14.5 Å². The average Bonchev–Trinajstić information content (AvgIpc) is 2.68. The number of nitrogens with one attached hydrogen (secondary N) is 2. The maximum Gasteiger partial charge on any atom is 0.293 e. The summed E-state index contributed by atoms with van der Waals surface area (Å²) in [5, 5.41) is 16.1. The summed E-state index contributed by atoms with van der Waals surface area (Å²) < 4.78 is 0. The standard InChI is InChI=1S/C20H24N4O4S/c1-4-6-17(29-12-18(25)23-19-14(3)7-5-10-21-19)20(26)22-15-9-8-13(2)11-16(15)24(27)28/h5,7-11,17H,4,6,12H2,1-3H3,(H,22,26)(H,21,23,25). The quantitative estimate of drug-likeness (QED) is 0.470. The fourth-order valence-corrected chi connectivity index (χ4v) is 3.66. The van der Waals surface area contributed by atoms with Gasteiger partial charge in [-0.25, -0.2) is 4.98 Å². The summed E-state index contributed by atoms with van der Waals surface area (Å²) >= 11 is 1.20. The number of carbonyl (C=O) groups is 2. The second kappa shape index (κ2) is 10.6. The van der Waals surface area contributed by atoms with E-state index in [-0.39, 0.29) is 28.9 Å². The topological polar surface area (TPSA) is 114 Å². The third-order valence-electron chi connectivity index (χ3n) is 4.13. The Kier molecular flexibility index (Phi) is 8.14. The number of rotatable bonds is 9. The van der Waals surface area contributed by atoms with Gasteiger partial charge in [0, 0.05) is 12.3 Å². The number of pyridine rings is 1. The molecule has 8 nitrogen and oxygen atoms in total. The number of nitrogens with zero attached hydrogens (tertiary/aromatic N) is 2. The molecule has 1 heterocycles. The Morgan fingerprint density at radius 1 is 1.24 bits per heavy atom. The molecule has 0 bridgehead atoms. The van der Waals surface area contributed by atoms with Gasteiger partial charge in [-0.2, -0.15) is 0 Å². The van der Waals surface area contributed by atoms with Crippen LogP contribution in [-0.4, -0.2) is 32.7 Å². The van der Waals surface area contributed by atoms with Gasteiger partial charge in [0.05, 0.1) is 15.9 Å². The Morgan fingerprint density at radius 2 is 2.00 bits per heavy atom. The average molecular weight is 417 g/mol. The lowest BCUT2D eigenvalue weighted by Crippen LogP contribution is -2.27. The Morgan fingerprint density at radius 3 is 2.66 bits per heavy atom. The molecule has 0 saturated heterocycles. The third-order valence-corrected chi connectivity index (χ3v) is 5.41. The van der Waals surface area contributed by atoms with Crippen LogP contribution in [0.2, 0.25) is 0 Å². The number of nitro groups is 1. The molecule has 0 aliphatic heterocycles. The maximum atomic E-state index is 12.7. The van der Waals surface area contributed by atoms with E-state index in [0.717, 1.165) is 17.5 Å². The molecule has 9 heteroatoms. The molecule has 0 aliphatic carbocycles. The number of aryl methyl sites for hydroxylation is 2. The van der Waals surface area contributed by atoms with E-state index in [1.807, 2.05) is 19.9 Å². The number of amides is 2. The number of nitro benzene ring substituents is 1. The Bertz CT molecular complexity index is 904. The van der Waals surface area contributed by atoms with Crippen molar-refractivity contribution >= 4 is 40.8 Å². The van der Waals surface area contributed by atoms with Crippen LogP contribution in [0.5, 0.6) is 0 Å². The van der Waals surface area contributed by atoms with E-state index in [4.69, 9.17) is 0 Å². The van der Waals surface area contributed by atoms with Crippen LogP contribution in [0.15, 0.2) is 36.5 Å². The minimum atomic E-state index is -0.521. The first-order valence-electron chi connectivity index (χ1n) is 9.20. The summed E-state index contributed by atoms with van der Waals surface area (Å²) in [6, 6.07) is 8.27. The van der Waals surface area contributed by atoms with Crippen LogP contribution in [0, 0.1) is 24.0 Å². The van der Waals surface area contributed by atoms with Crippen molar-refractivity contribution in [1.29, 1.82) is 0 Å². The Hall–Kier alpha value is -2.94. The lowest BCUT2D eigenvalue weighted by Gasteiger charge is -2.16. The Balaban J connectivity index is 2.02. The highest BCUT2D eigenvalue weighted by Crippen LogP contribution is 2.27. The smallest absolute Gasteiger partial charge is 0.293 e. The summed E-state index contributed by atoms with van der Waals surface area (Å²) in [5.41, 5.74) is 1.58. The van der Waals surface area contributed by atoms with E-state index in [1.54, 1.807) is 25.3 Å². The number of thioether (sulfide) groups is 1. The minimum absolute atomic E-state index is 0.0735. The van der Waals surface area contributed by atoms with Gasteiger partial charge in [-0.05, 0) is 43.5 Å². The second-order valence-corrected chi connectivity index (χ2v) is 7.76. The van der Waals surface area contributed by atoms with Gasteiger partial charge in [-0.15, -0.1) is 11.8 Å². The van der Waals surface area contributed by atoms with Crippen LogP contribution in [0.25, 0.3) is 0 Å². The molecule has 0 aliphatic rings. The number of anilines is 2. The molecule has 2 aromatic rings. The normalized spacial score (nSPS) is 11.6.